The molecule has 146 valence electrons. The van der Waals surface area contributed by atoms with Gasteiger partial charge in [0.25, 0.3) is 5.91 Å². The Balaban J connectivity index is 1.72. The fraction of sp³-hybridized carbons (Fsp3) is 0.263. The molecule has 0 N–H and O–H groups in total. The van der Waals surface area contributed by atoms with E-state index in [2.05, 4.69) is 20.9 Å². The highest BCUT2D eigenvalue weighted by atomic mass is 79.9. The van der Waals surface area contributed by atoms with Crippen molar-refractivity contribution in [3.63, 3.8) is 0 Å². The maximum Gasteiger partial charge on any atom is 0.279 e. The van der Waals surface area contributed by atoms with Gasteiger partial charge in [0.15, 0.2) is 15.0 Å². The lowest BCUT2D eigenvalue weighted by molar-refractivity contribution is 0.100. The molecule has 6 nitrogen and oxygen atoms in total. The van der Waals surface area contributed by atoms with Crippen LogP contribution in [-0.2, 0) is 9.84 Å². The van der Waals surface area contributed by atoms with E-state index in [0.29, 0.717) is 16.5 Å². The average molecular weight is 481 g/mol. The molecule has 0 radical (unpaired) electrons. The largest absolute Gasteiger partial charge is 0.497 e. The SMILES string of the molecule is COc1cccc(N2C(=NC(=O)c3ccc(Br)cc3)SC3CS(=O)(=O)CC32)c1. The van der Waals surface area contributed by atoms with E-state index in [9.17, 15) is 13.2 Å². The van der Waals surface area contributed by atoms with Crippen LogP contribution in [0.25, 0.3) is 0 Å². The van der Waals surface area contributed by atoms with Gasteiger partial charge in [0.2, 0.25) is 0 Å². The molecular formula is C19H17BrN2O4S2. The van der Waals surface area contributed by atoms with Crippen LogP contribution in [0.15, 0.2) is 58.0 Å². The minimum absolute atomic E-state index is 0.0490. The second-order valence-electron chi connectivity index (χ2n) is 6.58. The summed E-state index contributed by atoms with van der Waals surface area (Å²) in [5.41, 5.74) is 1.24. The van der Waals surface area contributed by atoms with Crippen LogP contribution in [0.4, 0.5) is 5.69 Å². The third-order valence-electron chi connectivity index (χ3n) is 4.69. The van der Waals surface area contributed by atoms with E-state index in [4.69, 9.17) is 4.74 Å². The molecule has 2 heterocycles. The molecule has 2 saturated heterocycles. The lowest BCUT2D eigenvalue weighted by Gasteiger charge is -2.24. The number of hydrogen-bond acceptors (Lipinski definition) is 5. The van der Waals surface area contributed by atoms with Crippen molar-refractivity contribution in [1.29, 1.82) is 0 Å². The summed E-state index contributed by atoms with van der Waals surface area (Å²) in [7, 11) is -1.53. The van der Waals surface area contributed by atoms with Gasteiger partial charge in [-0.3, -0.25) is 4.79 Å². The molecule has 4 rings (SSSR count). The summed E-state index contributed by atoms with van der Waals surface area (Å²) in [4.78, 5) is 18.9. The number of rotatable bonds is 3. The Kier molecular flexibility index (Phi) is 5.24. The highest BCUT2D eigenvalue weighted by Crippen LogP contribution is 2.41. The highest BCUT2D eigenvalue weighted by molar-refractivity contribution is 9.10. The normalized spacial score (nSPS) is 24.4. The zero-order chi connectivity index (χ0) is 19.9. The topological polar surface area (TPSA) is 76.0 Å². The zero-order valence-corrected chi connectivity index (χ0v) is 18.1. The van der Waals surface area contributed by atoms with Gasteiger partial charge in [0.1, 0.15) is 5.75 Å². The first-order valence-electron chi connectivity index (χ1n) is 8.55. The maximum absolute atomic E-state index is 12.7. The monoisotopic (exact) mass is 480 g/mol. The van der Waals surface area contributed by atoms with Crippen LogP contribution in [-0.4, -0.2) is 49.4 Å². The molecular weight excluding hydrogens is 464 g/mol. The fourth-order valence-electron chi connectivity index (χ4n) is 3.37. The number of methoxy groups -OCH3 is 1. The number of halogens is 1. The van der Waals surface area contributed by atoms with Crippen LogP contribution < -0.4 is 9.64 Å². The van der Waals surface area contributed by atoms with Crippen molar-refractivity contribution in [3.05, 3.63) is 58.6 Å². The van der Waals surface area contributed by atoms with Crippen LogP contribution in [0.2, 0.25) is 0 Å². The molecule has 28 heavy (non-hydrogen) atoms. The van der Waals surface area contributed by atoms with Gasteiger partial charge in [0.05, 0.1) is 24.7 Å². The number of thioether (sulfide) groups is 1. The summed E-state index contributed by atoms with van der Waals surface area (Å²) < 4.78 is 30.5. The molecule has 9 heteroatoms. The number of amides is 1. The highest BCUT2D eigenvalue weighted by Gasteiger charge is 2.49. The summed E-state index contributed by atoms with van der Waals surface area (Å²) in [6.07, 6.45) is 0. The second-order valence-corrected chi connectivity index (χ2v) is 10.9. The van der Waals surface area contributed by atoms with Gasteiger partial charge in [-0.2, -0.15) is 4.99 Å². The number of anilines is 1. The van der Waals surface area contributed by atoms with Gasteiger partial charge in [-0.15, -0.1) is 0 Å². The van der Waals surface area contributed by atoms with Crippen molar-refractivity contribution in [2.45, 2.75) is 11.3 Å². The molecule has 0 aromatic heterocycles. The smallest absolute Gasteiger partial charge is 0.279 e. The third kappa shape index (κ3) is 3.83. The van der Waals surface area contributed by atoms with E-state index in [1.165, 1.54) is 11.8 Å². The number of carbonyl (C=O) groups is 1. The Labute approximate surface area is 176 Å². The average Bonchev–Trinajstić information content (AvgIpc) is 3.12. The van der Waals surface area contributed by atoms with Crippen LogP contribution in [0.5, 0.6) is 5.75 Å². The van der Waals surface area contributed by atoms with Gasteiger partial charge in [-0.25, -0.2) is 8.42 Å². The van der Waals surface area contributed by atoms with Gasteiger partial charge in [-0.1, -0.05) is 33.8 Å². The summed E-state index contributed by atoms with van der Waals surface area (Å²) in [6.45, 7) is 0. The fourth-order valence-corrected chi connectivity index (χ4v) is 7.55. The molecule has 0 aliphatic carbocycles. The Bertz CT molecular complexity index is 1050. The van der Waals surface area contributed by atoms with E-state index in [-0.39, 0.29) is 28.7 Å². The number of sulfone groups is 1. The molecule has 1 amide bonds. The number of fused-ring (bicyclic) bond motifs is 1. The Hall–Kier alpha value is -1.84. The molecule has 2 unspecified atom stereocenters. The van der Waals surface area contributed by atoms with E-state index in [1.807, 2.05) is 29.2 Å². The molecule has 0 spiro atoms. The van der Waals surface area contributed by atoms with Crippen molar-refractivity contribution < 1.29 is 17.9 Å². The number of hydrogen-bond donors (Lipinski definition) is 0. The Morgan fingerprint density at radius 2 is 1.96 bits per heavy atom. The molecule has 0 bridgehead atoms. The van der Waals surface area contributed by atoms with Gasteiger partial charge >= 0.3 is 0 Å². The lowest BCUT2D eigenvalue weighted by atomic mass is 10.2. The molecule has 2 aromatic carbocycles. The predicted molar refractivity (Wildman–Crippen MR) is 115 cm³/mol. The Morgan fingerprint density at radius 3 is 2.68 bits per heavy atom. The van der Waals surface area contributed by atoms with Gasteiger partial charge in [-0.05, 0) is 36.4 Å². The maximum atomic E-state index is 12.7. The minimum Gasteiger partial charge on any atom is -0.497 e. The van der Waals surface area contributed by atoms with Crippen LogP contribution >= 0.6 is 27.7 Å². The van der Waals surface area contributed by atoms with Crippen molar-refractivity contribution in [1.82, 2.24) is 0 Å². The quantitative estimate of drug-likeness (QED) is 0.669. The number of benzene rings is 2. The van der Waals surface area contributed by atoms with Crippen LogP contribution in [0.1, 0.15) is 10.4 Å². The molecule has 2 fully saturated rings. The van der Waals surface area contributed by atoms with E-state index in [0.717, 1.165) is 10.2 Å². The van der Waals surface area contributed by atoms with Crippen LogP contribution in [0.3, 0.4) is 0 Å². The van der Waals surface area contributed by atoms with Gasteiger partial charge < -0.3 is 9.64 Å². The number of carbonyl (C=O) groups excluding carboxylic acids is 1. The third-order valence-corrected chi connectivity index (χ3v) is 8.42. The number of nitrogens with zero attached hydrogens (tertiary/aromatic N) is 2. The first kappa shape index (κ1) is 19.5. The van der Waals surface area contributed by atoms with Gasteiger partial charge in [0, 0.05) is 27.0 Å². The number of aliphatic imine (C=N–C) groups is 1. The van der Waals surface area contributed by atoms with Crippen molar-refractivity contribution in [2.24, 2.45) is 4.99 Å². The summed E-state index contributed by atoms with van der Waals surface area (Å²) in [6, 6.07) is 14.1. The summed E-state index contributed by atoms with van der Waals surface area (Å²) in [5, 5.41) is 0.374. The summed E-state index contributed by atoms with van der Waals surface area (Å²) in [5.74, 6) is 0.443. The van der Waals surface area contributed by atoms with E-state index in [1.54, 1.807) is 31.4 Å². The predicted octanol–water partition coefficient (Wildman–Crippen LogP) is 3.37. The van der Waals surface area contributed by atoms with Crippen molar-refractivity contribution in [2.75, 3.05) is 23.5 Å². The standard InChI is InChI=1S/C19H17BrN2O4S2/c1-26-15-4-2-3-14(9-15)22-16-10-28(24,25)11-17(16)27-19(22)21-18(23)12-5-7-13(20)8-6-12/h2-9,16-17H,10-11H2,1H3. The van der Waals surface area contributed by atoms with E-state index >= 15 is 0 Å². The molecule has 2 aromatic rings. The second kappa shape index (κ2) is 7.53. The number of amidine groups is 1. The minimum atomic E-state index is -3.11. The lowest BCUT2D eigenvalue weighted by Crippen LogP contribution is -2.37. The van der Waals surface area contributed by atoms with Crippen molar-refractivity contribution in [3.8, 4) is 5.75 Å². The van der Waals surface area contributed by atoms with Crippen molar-refractivity contribution >= 4 is 54.3 Å². The molecule has 2 atom stereocenters. The van der Waals surface area contributed by atoms with E-state index < -0.39 is 9.84 Å². The summed E-state index contributed by atoms with van der Waals surface area (Å²) >= 11 is 4.70. The first-order chi connectivity index (χ1) is 13.4. The molecule has 2 aliphatic heterocycles. The Morgan fingerprint density at radius 1 is 1.21 bits per heavy atom. The molecule has 2 aliphatic rings. The van der Waals surface area contributed by atoms with Crippen LogP contribution in [0, 0.1) is 0 Å². The molecule has 0 saturated carbocycles. The first-order valence-corrected chi connectivity index (χ1v) is 12.0. The zero-order valence-electron chi connectivity index (χ0n) is 14.9. The number of ether oxygens (including phenoxy) is 1.